The Morgan fingerprint density at radius 1 is 0.417 bits per heavy atom. The largest absolute Gasteiger partial charge is 0.864 e. The maximum atomic E-state index is 14.9. The van der Waals surface area contributed by atoms with Gasteiger partial charge in [-0.15, -0.1) is 0 Å². The van der Waals surface area contributed by atoms with Gasteiger partial charge in [-0.25, -0.2) is 0 Å². The molecule has 0 saturated carbocycles. The van der Waals surface area contributed by atoms with Crippen molar-refractivity contribution < 1.29 is 97.5 Å². The number of hydrogen-bond acceptors (Lipinski definition) is 3. The topological polar surface area (TPSA) is 27.7 Å². The molecule has 0 bridgehead atoms. The molecule has 0 fully saturated rings. The molecule has 0 saturated heterocycles. The van der Waals surface area contributed by atoms with Crippen molar-refractivity contribution in [1.82, 2.24) is 0 Å². The lowest BCUT2D eigenvalue weighted by atomic mass is 9.98. The summed E-state index contributed by atoms with van der Waals surface area (Å²) in [5.41, 5.74) is -13.4. The first-order valence-corrected chi connectivity index (χ1v) is 18.1. The van der Waals surface area contributed by atoms with Crippen LogP contribution in [0.5, 0.6) is 17.2 Å². The summed E-state index contributed by atoms with van der Waals surface area (Å²) in [7, 11) is -3.26. The first-order chi connectivity index (χ1) is 27.3. The molecule has 0 unspecified atom stereocenters. The van der Waals surface area contributed by atoms with Crippen molar-refractivity contribution in [3.63, 3.8) is 0 Å². The smallest absolute Gasteiger partial charge is 0.490 e. The molecule has 60 heavy (non-hydrogen) atoms. The monoisotopic (exact) mass is 896 g/mol. The number of benzene rings is 3. The summed E-state index contributed by atoms with van der Waals surface area (Å²) >= 11 is 0. The lowest BCUT2D eigenvalue weighted by molar-refractivity contribution is -0.941. The molecule has 4 nitrogen and oxygen atoms in total. The predicted octanol–water partition coefficient (Wildman–Crippen LogP) is 14.0. The van der Waals surface area contributed by atoms with Gasteiger partial charge in [0.05, 0.1) is 58.6 Å². The van der Waals surface area contributed by atoms with Gasteiger partial charge in [-0.05, 0) is 67.8 Å². The van der Waals surface area contributed by atoms with E-state index in [4.69, 9.17) is 14.0 Å². The van der Waals surface area contributed by atoms with Crippen LogP contribution in [0.2, 0.25) is 0 Å². The second-order valence-electron chi connectivity index (χ2n) is 13.9. The number of unbranched alkanes of at least 4 members (excludes halogenated alkanes) is 3. The molecule has 3 aromatic rings. The van der Waals surface area contributed by atoms with Gasteiger partial charge in [0.2, 0.25) is 0 Å². The standard InChI is InChI=1S/C37H37BF18NO3/c1-4-7-10-57(11-8-5-2,12-9-6-3)21-29-30(37(54,55)56)19-26(36(51,52)53)20-31(29)60-38(58-27-15-22(32(39,40)41)13-23(16-27)33(42,43)44)59-28-17-24(34(45,46)47)14-25(18-28)35(48,49)50/h13-20H,4-12,21H2,1-3H3/q+1. The van der Waals surface area contributed by atoms with Crippen LogP contribution in [0.25, 0.3) is 0 Å². The van der Waals surface area contributed by atoms with Crippen LogP contribution in [-0.2, 0) is 43.6 Å². The highest BCUT2D eigenvalue weighted by atomic mass is 19.4. The van der Waals surface area contributed by atoms with Crippen molar-refractivity contribution in [1.29, 1.82) is 0 Å². The Morgan fingerprint density at radius 2 is 0.733 bits per heavy atom. The number of rotatable bonds is 17. The second-order valence-corrected chi connectivity index (χ2v) is 13.9. The normalized spacial score (nSPS) is 13.4. The van der Waals surface area contributed by atoms with Gasteiger partial charge in [0.25, 0.3) is 0 Å². The summed E-state index contributed by atoms with van der Waals surface area (Å²) in [4.78, 5) is 0. The molecule has 0 N–H and O–H groups in total. The molecule has 3 rings (SSSR count). The van der Waals surface area contributed by atoms with Crippen molar-refractivity contribution >= 4 is 7.32 Å². The van der Waals surface area contributed by atoms with Crippen LogP contribution in [0.4, 0.5) is 79.0 Å². The van der Waals surface area contributed by atoms with Crippen LogP contribution in [0, 0.1) is 0 Å². The summed E-state index contributed by atoms with van der Waals surface area (Å²) in [6, 6.07) is -1.73. The highest BCUT2D eigenvalue weighted by molar-refractivity contribution is 6.39. The van der Waals surface area contributed by atoms with E-state index in [0.717, 1.165) is 0 Å². The Hall–Kier alpha value is -4.18. The van der Waals surface area contributed by atoms with Gasteiger partial charge in [-0.3, -0.25) is 0 Å². The predicted molar refractivity (Wildman–Crippen MR) is 180 cm³/mol. The molecule has 3 aromatic carbocycles. The van der Waals surface area contributed by atoms with Crippen molar-refractivity contribution in [2.24, 2.45) is 0 Å². The van der Waals surface area contributed by atoms with E-state index in [9.17, 15) is 79.0 Å². The van der Waals surface area contributed by atoms with E-state index in [2.05, 4.69) is 0 Å². The van der Waals surface area contributed by atoms with E-state index in [1.165, 1.54) is 0 Å². The Bertz CT molecular complexity index is 1720. The number of nitrogens with zero attached hydrogens (tertiary/aromatic N) is 1. The summed E-state index contributed by atoms with van der Waals surface area (Å²) in [6.45, 7) is 4.93. The van der Waals surface area contributed by atoms with Crippen LogP contribution < -0.4 is 14.0 Å². The van der Waals surface area contributed by atoms with Crippen molar-refractivity contribution in [3.8, 4) is 17.2 Å². The Kier molecular flexibility index (Phi) is 15.8. The molecule has 0 amide bonds. The molecule has 336 valence electrons. The van der Waals surface area contributed by atoms with Gasteiger partial charge in [0, 0.05) is 0 Å². The van der Waals surface area contributed by atoms with E-state index in [1.54, 1.807) is 20.8 Å². The third-order valence-corrected chi connectivity index (χ3v) is 9.10. The van der Waals surface area contributed by atoms with Crippen LogP contribution in [0.15, 0.2) is 48.5 Å². The molecule has 0 radical (unpaired) electrons. The average molecular weight is 896 g/mol. The van der Waals surface area contributed by atoms with Crippen LogP contribution in [0.1, 0.15) is 98.2 Å². The number of alkyl halides is 18. The summed E-state index contributed by atoms with van der Waals surface area (Å²) in [6.07, 6.45) is -30.9. The van der Waals surface area contributed by atoms with Gasteiger partial charge in [-0.1, -0.05) is 40.0 Å². The molecule has 0 heterocycles. The Balaban J connectivity index is 2.47. The minimum absolute atomic E-state index is 0.0288. The van der Waals surface area contributed by atoms with Gasteiger partial charge in [-0.2, -0.15) is 79.0 Å². The quantitative estimate of drug-likeness (QED) is 0.0768. The third kappa shape index (κ3) is 13.9. The minimum atomic E-state index is -5.62. The zero-order valence-electron chi connectivity index (χ0n) is 31.7. The lowest BCUT2D eigenvalue weighted by Gasteiger charge is -2.40. The second kappa shape index (κ2) is 18.8. The van der Waals surface area contributed by atoms with Crippen molar-refractivity contribution in [3.05, 3.63) is 87.5 Å². The summed E-state index contributed by atoms with van der Waals surface area (Å²) < 4.78 is 267. The molecular formula is C37H37BF18NO3+. The molecule has 0 aliphatic rings. The van der Waals surface area contributed by atoms with E-state index < -0.39 is 119 Å². The fraction of sp³-hybridized carbons (Fsp3) is 0.514. The zero-order chi connectivity index (χ0) is 45.7. The molecule has 0 aromatic heterocycles. The minimum Gasteiger partial charge on any atom is -0.490 e. The van der Waals surface area contributed by atoms with Crippen molar-refractivity contribution in [2.45, 2.75) is 103 Å². The fourth-order valence-electron chi connectivity index (χ4n) is 6.11. The van der Waals surface area contributed by atoms with Gasteiger partial charge < -0.3 is 18.4 Å². The first-order valence-electron chi connectivity index (χ1n) is 18.1. The summed E-state index contributed by atoms with van der Waals surface area (Å²) in [5.74, 6) is -4.61. The summed E-state index contributed by atoms with van der Waals surface area (Å²) in [5, 5.41) is 0. The maximum absolute atomic E-state index is 14.9. The zero-order valence-corrected chi connectivity index (χ0v) is 31.7. The molecular weight excluding hydrogens is 859 g/mol. The highest BCUT2D eigenvalue weighted by Gasteiger charge is 2.46. The first kappa shape index (κ1) is 50.2. The van der Waals surface area contributed by atoms with Gasteiger partial charge >= 0.3 is 44.4 Å². The number of quaternary nitrogens is 1. The van der Waals surface area contributed by atoms with E-state index >= 15 is 0 Å². The lowest BCUT2D eigenvalue weighted by Crippen LogP contribution is -2.50. The van der Waals surface area contributed by atoms with E-state index in [-0.39, 0.29) is 60.5 Å². The maximum Gasteiger partial charge on any atom is 0.864 e. The molecule has 0 aliphatic heterocycles. The molecule has 23 heteroatoms. The number of halogens is 18. The molecule has 0 atom stereocenters. The Morgan fingerprint density at radius 3 is 1.02 bits per heavy atom. The van der Waals surface area contributed by atoms with Crippen molar-refractivity contribution in [2.75, 3.05) is 19.6 Å². The average Bonchev–Trinajstić information content (AvgIpc) is 3.10. The van der Waals surface area contributed by atoms with E-state index in [0.29, 0.717) is 38.5 Å². The van der Waals surface area contributed by atoms with Gasteiger partial charge in [0.15, 0.2) is 0 Å². The molecule has 0 spiro atoms. The highest BCUT2D eigenvalue weighted by Crippen LogP contribution is 2.45. The van der Waals surface area contributed by atoms with E-state index in [1.807, 2.05) is 0 Å². The fourth-order valence-corrected chi connectivity index (χ4v) is 6.11. The van der Waals surface area contributed by atoms with Crippen LogP contribution >= 0.6 is 0 Å². The SMILES string of the molecule is CCCC[N+](CCCC)(CCCC)Cc1c(OB(Oc2cc(C(F)(F)F)cc(C(F)(F)F)c2)Oc2cc(C(F)(F)F)cc(C(F)(F)F)c2)cc(C(F)(F)F)cc1C(F)(F)F. The van der Waals surface area contributed by atoms with Crippen LogP contribution in [0.3, 0.4) is 0 Å². The third-order valence-electron chi connectivity index (χ3n) is 9.10. The Labute approximate surface area is 332 Å². The van der Waals surface area contributed by atoms with Crippen LogP contribution in [-0.4, -0.2) is 31.4 Å². The number of hydrogen-bond donors (Lipinski definition) is 0. The van der Waals surface area contributed by atoms with Gasteiger partial charge in [0.1, 0.15) is 23.8 Å². The molecule has 0 aliphatic carbocycles.